The molecule has 0 bridgehead atoms. The highest BCUT2D eigenvalue weighted by atomic mass is 16.5. The Kier molecular flexibility index (Phi) is 4.31. The van der Waals surface area contributed by atoms with Gasteiger partial charge in [0.05, 0.1) is 12.7 Å². The lowest BCUT2D eigenvalue weighted by molar-refractivity contribution is -0.122. The molecule has 3 fully saturated rings. The average molecular weight is 315 g/mol. The molecule has 1 N–H and O–H groups in total. The molecule has 1 aromatic rings. The number of carbonyl (C=O) groups excluding carboxylic acids is 1. The Morgan fingerprint density at radius 2 is 2.13 bits per heavy atom. The molecule has 3 heterocycles. The second-order valence-corrected chi connectivity index (χ2v) is 7.19. The fourth-order valence-electron chi connectivity index (χ4n) is 3.95. The quantitative estimate of drug-likeness (QED) is 0.893. The average Bonchev–Trinajstić information content (AvgIpc) is 3.35. The highest BCUT2D eigenvalue weighted by Gasteiger charge is 2.41. The number of hydrogen-bond acceptors (Lipinski definition) is 4. The fraction of sp³-hybridized carbons (Fsp3) is 0.667. The number of rotatable bonds is 5. The van der Waals surface area contributed by atoms with Crippen molar-refractivity contribution < 1.29 is 9.53 Å². The molecule has 0 unspecified atom stereocenters. The van der Waals surface area contributed by atoms with Crippen molar-refractivity contribution in [3.63, 3.8) is 0 Å². The van der Waals surface area contributed by atoms with Crippen LogP contribution in [0.2, 0.25) is 0 Å². The van der Waals surface area contributed by atoms with E-state index in [0.717, 1.165) is 39.1 Å². The highest BCUT2D eigenvalue weighted by Crippen LogP contribution is 2.35. The van der Waals surface area contributed by atoms with E-state index in [9.17, 15) is 4.79 Å². The third-order valence-corrected chi connectivity index (χ3v) is 5.46. The molecule has 3 atom stereocenters. The minimum Gasteiger partial charge on any atom is -0.376 e. The van der Waals surface area contributed by atoms with Crippen molar-refractivity contribution in [1.82, 2.24) is 15.2 Å². The second kappa shape index (κ2) is 6.57. The minimum absolute atomic E-state index is 0.214. The van der Waals surface area contributed by atoms with Gasteiger partial charge in [-0.25, -0.2) is 0 Å². The van der Waals surface area contributed by atoms with E-state index in [1.807, 2.05) is 12.4 Å². The SMILES string of the molecule is O=C(NC[C@H]1OC[C@H]2CN(Cc3ccncc3)CC[C@H]21)C1CC1. The predicted molar refractivity (Wildman–Crippen MR) is 86.6 cm³/mol. The number of aromatic nitrogens is 1. The van der Waals surface area contributed by atoms with Gasteiger partial charge in [0.1, 0.15) is 0 Å². The van der Waals surface area contributed by atoms with Gasteiger partial charge in [0.2, 0.25) is 5.91 Å². The number of fused-ring (bicyclic) bond motifs is 1. The van der Waals surface area contributed by atoms with E-state index in [-0.39, 0.29) is 17.9 Å². The number of likely N-dealkylation sites (tertiary alicyclic amines) is 1. The Balaban J connectivity index is 1.27. The number of piperidine rings is 1. The Bertz CT molecular complexity index is 546. The molecule has 1 saturated carbocycles. The van der Waals surface area contributed by atoms with Crippen molar-refractivity contribution in [3.05, 3.63) is 30.1 Å². The van der Waals surface area contributed by atoms with Gasteiger partial charge in [-0.3, -0.25) is 14.7 Å². The minimum atomic E-state index is 0.214. The Morgan fingerprint density at radius 1 is 1.30 bits per heavy atom. The maximum absolute atomic E-state index is 11.8. The van der Waals surface area contributed by atoms with Crippen molar-refractivity contribution in [2.75, 3.05) is 26.2 Å². The summed E-state index contributed by atoms with van der Waals surface area (Å²) in [4.78, 5) is 18.4. The van der Waals surface area contributed by atoms with Gasteiger partial charge < -0.3 is 10.1 Å². The third kappa shape index (κ3) is 3.56. The molecule has 124 valence electrons. The lowest BCUT2D eigenvalue weighted by Crippen LogP contribution is -2.43. The molecule has 23 heavy (non-hydrogen) atoms. The number of amides is 1. The van der Waals surface area contributed by atoms with Crippen LogP contribution in [0.3, 0.4) is 0 Å². The predicted octanol–water partition coefficient (Wildman–Crippen LogP) is 1.44. The lowest BCUT2D eigenvalue weighted by Gasteiger charge is -2.35. The zero-order valence-electron chi connectivity index (χ0n) is 13.5. The summed E-state index contributed by atoms with van der Waals surface area (Å²) >= 11 is 0. The molecule has 0 spiro atoms. The van der Waals surface area contributed by atoms with Crippen molar-refractivity contribution in [3.8, 4) is 0 Å². The van der Waals surface area contributed by atoms with E-state index in [1.54, 1.807) is 0 Å². The van der Waals surface area contributed by atoms with Crippen LogP contribution >= 0.6 is 0 Å². The summed E-state index contributed by atoms with van der Waals surface area (Å²) in [5.74, 6) is 1.72. The maximum Gasteiger partial charge on any atom is 0.223 e. The summed E-state index contributed by atoms with van der Waals surface area (Å²) in [6.07, 6.45) is 7.23. The maximum atomic E-state index is 11.8. The number of hydrogen-bond donors (Lipinski definition) is 1. The zero-order chi connectivity index (χ0) is 15.6. The molecular weight excluding hydrogens is 290 g/mol. The molecule has 3 aliphatic rings. The first kappa shape index (κ1) is 15.1. The molecule has 5 heteroatoms. The van der Waals surface area contributed by atoms with Crippen LogP contribution in [0, 0.1) is 17.8 Å². The summed E-state index contributed by atoms with van der Waals surface area (Å²) < 4.78 is 6.00. The summed E-state index contributed by atoms with van der Waals surface area (Å²) in [7, 11) is 0. The van der Waals surface area contributed by atoms with Gasteiger partial charge in [0.15, 0.2) is 0 Å². The standard InChI is InChI=1S/C18H25N3O2/c22-18(14-1-2-14)20-9-17-16-5-8-21(11-15(16)12-23-17)10-13-3-6-19-7-4-13/h3-4,6-7,14-17H,1-2,5,8-12H2,(H,20,22)/t15-,16-,17-/m1/s1. The number of ether oxygens (including phenoxy) is 1. The van der Waals surface area contributed by atoms with Crippen molar-refractivity contribution in [2.45, 2.75) is 31.9 Å². The number of nitrogens with zero attached hydrogens (tertiary/aromatic N) is 2. The smallest absolute Gasteiger partial charge is 0.223 e. The van der Waals surface area contributed by atoms with E-state index in [2.05, 4.69) is 27.3 Å². The molecule has 2 saturated heterocycles. The zero-order valence-corrected chi connectivity index (χ0v) is 13.5. The molecule has 4 rings (SSSR count). The van der Waals surface area contributed by atoms with Crippen LogP contribution in [-0.4, -0.2) is 48.1 Å². The molecule has 0 radical (unpaired) electrons. The number of pyridine rings is 1. The monoisotopic (exact) mass is 315 g/mol. The third-order valence-electron chi connectivity index (χ3n) is 5.46. The first-order valence-corrected chi connectivity index (χ1v) is 8.80. The normalized spacial score (nSPS) is 30.9. The Hall–Kier alpha value is -1.46. The fourth-order valence-corrected chi connectivity index (χ4v) is 3.95. The van der Waals surface area contributed by atoms with Gasteiger partial charge in [-0.2, -0.15) is 0 Å². The van der Waals surface area contributed by atoms with E-state index in [1.165, 1.54) is 12.0 Å². The van der Waals surface area contributed by atoms with Crippen LogP contribution < -0.4 is 5.32 Å². The van der Waals surface area contributed by atoms with Gasteiger partial charge >= 0.3 is 0 Å². The van der Waals surface area contributed by atoms with E-state index < -0.39 is 0 Å². The molecule has 1 aliphatic carbocycles. The second-order valence-electron chi connectivity index (χ2n) is 7.19. The molecule has 5 nitrogen and oxygen atoms in total. The van der Waals surface area contributed by atoms with E-state index in [0.29, 0.717) is 18.4 Å². The number of carbonyl (C=O) groups is 1. The molecular formula is C18H25N3O2. The van der Waals surface area contributed by atoms with Crippen molar-refractivity contribution >= 4 is 5.91 Å². The molecule has 2 aliphatic heterocycles. The summed E-state index contributed by atoms with van der Waals surface area (Å²) in [6, 6.07) is 4.18. The van der Waals surface area contributed by atoms with Crippen molar-refractivity contribution in [1.29, 1.82) is 0 Å². The molecule has 1 amide bonds. The van der Waals surface area contributed by atoms with Gasteiger partial charge in [0, 0.05) is 43.9 Å². The Labute approximate surface area is 137 Å². The van der Waals surface area contributed by atoms with Crippen LogP contribution in [0.1, 0.15) is 24.8 Å². The van der Waals surface area contributed by atoms with Gasteiger partial charge in [-0.1, -0.05) is 0 Å². The van der Waals surface area contributed by atoms with Crippen LogP contribution in [0.25, 0.3) is 0 Å². The van der Waals surface area contributed by atoms with Gasteiger partial charge in [0.25, 0.3) is 0 Å². The lowest BCUT2D eigenvalue weighted by atomic mass is 9.84. The van der Waals surface area contributed by atoms with Crippen LogP contribution in [0.4, 0.5) is 0 Å². The number of nitrogens with one attached hydrogen (secondary N) is 1. The van der Waals surface area contributed by atoms with Crippen LogP contribution in [0.15, 0.2) is 24.5 Å². The summed E-state index contributed by atoms with van der Waals surface area (Å²) in [5.41, 5.74) is 1.32. The van der Waals surface area contributed by atoms with E-state index >= 15 is 0 Å². The summed E-state index contributed by atoms with van der Waals surface area (Å²) in [6.45, 7) is 4.73. The topological polar surface area (TPSA) is 54.5 Å². The largest absolute Gasteiger partial charge is 0.376 e. The first-order chi connectivity index (χ1) is 11.3. The van der Waals surface area contributed by atoms with Gasteiger partial charge in [-0.15, -0.1) is 0 Å². The van der Waals surface area contributed by atoms with Crippen molar-refractivity contribution in [2.24, 2.45) is 17.8 Å². The molecule has 0 aromatic carbocycles. The first-order valence-electron chi connectivity index (χ1n) is 8.80. The molecule has 1 aromatic heterocycles. The highest BCUT2D eigenvalue weighted by molar-refractivity contribution is 5.80. The van der Waals surface area contributed by atoms with Crippen LogP contribution in [0.5, 0.6) is 0 Å². The van der Waals surface area contributed by atoms with E-state index in [4.69, 9.17) is 4.74 Å². The van der Waals surface area contributed by atoms with Gasteiger partial charge in [-0.05, 0) is 49.4 Å². The summed E-state index contributed by atoms with van der Waals surface area (Å²) in [5, 5.41) is 3.09. The van der Waals surface area contributed by atoms with Crippen LogP contribution in [-0.2, 0) is 16.1 Å². The Morgan fingerprint density at radius 3 is 2.91 bits per heavy atom.